The molecule has 3 nitrogen and oxygen atoms in total. The fourth-order valence-corrected chi connectivity index (χ4v) is 3.12. The van der Waals surface area contributed by atoms with Gasteiger partial charge in [0, 0.05) is 11.3 Å². The highest BCUT2D eigenvalue weighted by atomic mass is 32.1. The number of piperidine rings is 1. The van der Waals surface area contributed by atoms with Crippen molar-refractivity contribution in [1.29, 1.82) is 0 Å². The molecule has 17 heavy (non-hydrogen) atoms. The Morgan fingerprint density at radius 3 is 2.88 bits per heavy atom. The van der Waals surface area contributed by atoms with Gasteiger partial charge in [-0.1, -0.05) is 0 Å². The highest BCUT2D eigenvalue weighted by molar-refractivity contribution is 7.13. The number of thiazole rings is 1. The second-order valence-corrected chi connectivity index (χ2v) is 5.37. The molecule has 1 N–H and O–H groups in total. The number of hydrogen-bond donors (Lipinski definition) is 1. The van der Waals surface area contributed by atoms with Crippen LogP contribution in [0.15, 0.2) is 21.9 Å². The lowest BCUT2D eigenvalue weighted by Gasteiger charge is -2.20. The summed E-state index contributed by atoms with van der Waals surface area (Å²) in [4.78, 5) is 4.71. The van der Waals surface area contributed by atoms with Gasteiger partial charge in [-0.25, -0.2) is 4.98 Å². The van der Waals surface area contributed by atoms with E-state index in [2.05, 4.69) is 10.7 Å². The van der Waals surface area contributed by atoms with E-state index in [-0.39, 0.29) is 0 Å². The first-order valence-corrected chi connectivity index (χ1v) is 6.94. The second kappa shape index (κ2) is 4.63. The summed E-state index contributed by atoms with van der Waals surface area (Å²) in [6.45, 7) is 4.18. The van der Waals surface area contributed by atoms with Crippen LogP contribution in [0.1, 0.15) is 30.2 Å². The maximum atomic E-state index is 5.61. The highest BCUT2D eigenvalue weighted by Gasteiger charge is 2.18. The van der Waals surface area contributed by atoms with Gasteiger partial charge in [0.05, 0.1) is 5.69 Å². The first kappa shape index (κ1) is 11.0. The standard InChI is InChI=1S/C13H16N2OS/c1-9-2-3-12(16-9)13-15-11(8-17-13)10-4-6-14-7-5-10/h2-3,8,10,14H,4-7H2,1H3. The molecular formula is C13H16N2OS. The van der Waals surface area contributed by atoms with Gasteiger partial charge in [0.25, 0.3) is 0 Å². The summed E-state index contributed by atoms with van der Waals surface area (Å²) in [5.41, 5.74) is 1.24. The second-order valence-electron chi connectivity index (χ2n) is 4.51. The molecule has 3 heterocycles. The molecule has 0 spiro atoms. The number of hydrogen-bond acceptors (Lipinski definition) is 4. The van der Waals surface area contributed by atoms with Crippen molar-refractivity contribution in [3.8, 4) is 10.8 Å². The summed E-state index contributed by atoms with van der Waals surface area (Å²) in [7, 11) is 0. The zero-order valence-electron chi connectivity index (χ0n) is 9.90. The van der Waals surface area contributed by atoms with E-state index < -0.39 is 0 Å². The van der Waals surface area contributed by atoms with Gasteiger partial charge in [0.15, 0.2) is 10.8 Å². The Balaban J connectivity index is 1.82. The van der Waals surface area contributed by atoms with E-state index in [1.54, 1.807) is 11.3 Å². The molecule has 0 unspecified atom stereocenters. The summed E-state index contributed by atoms with van der Waals surface area (Å²) in [6.07, 6.45) is 2.39. The molecule has 4 heteroatoms. The van der Waals surface area contributed by atoms with Gasteiger partial charge in [0.1, 0.15) is 5.76 Å². The fraction of sp³-hybridized carbons (Fsp3) is 0.462. The molecule has 0 aromatic carbocycles. The van der Waals surface area contributed by atoms with Crippen LogP contribution in [-0.2, 0) is 0 Å². The van der Waals surface area contributed by atoms with Crippen LogP contribution in [0.25, 0.3) is 10.8 Å². The molecule has 90 valence electrons. The third-order valence-electron chi connectivity index (χ3n) is 3.23. The molecule has 0 radical (unpaired) electrons. The van der Waals surface area contributed by atoms with Crippen molar-refractivity contribution in [1.82, 2.24) is 10.3 Å². The summed E-state index contributed by atoms with van der Waals surface area (Å²) in [6, 6.07) is 3.99. The predicted molar refractivity (Wildman–Crippen MR) is 69.4 cm³/mol. The van der Waals surface area contributed by atoms with Crippen molar-refractivity contribution in [3.63, 3.8) is 0 Å². The SMILES string of the molecule is Cc1ccc(-c2nc(C3CCNCC3)cs2)o1. The molecule has 0 aliphatic carbocycles. The number of nitrogens with zero attached hydrogens (tertiary/aromatic N) is 1. The van der Waals surface area contributed by atoms with Crippen molar-refractivity contribution in [2.45, 2.75) is 25.7 Å². The highest BCUT2D eigenvalue weighted by Crippen LogP contribution is 2.31. The minimum atomic E-state index is 0.623. The number of rotatable bonds is 2. The summed E-state index contributed by atoms with van der Waals surface area (Å²) >= 11 is 1.68. The molecule has 1 aliphatic rings. The van der Waals surface area contributed by atoms with Gasteiger partial charge in [0.2, 0.25) is 0 Å². The first-order valence-electron chi connectivity index (χ1n) is 6.06. The van der Waals surface area contributed by atoms with Gasteiger partial charge in [-0.2, -0.15) is 0 Å². The largest absolute Gasteiger partial charge is 0.459 e. The predicted octanol–water partition coefficient (Wildman–Crippen LogP) is 3.18. The van der Waals surface area contributed by atoms with Gasteiger partial charge in [-0.05, 0) is 45.0 Å². The van der Waals surface area contributed by atoms with Gasteiger partial charge in [-0.15, -0.1) is 11.3 Å². The Labute approximate surface area is 105 Å². The number of furan rings is 1. The molecule has 3 rings (SSSR count). The zero-order chi connectivity index (χ0) is 11.7. The van der Waals surface area contributed by atoms with Crippen LogP contribution in [0.3, 0.4) is 0 Å². The normalized spacial score (nSPS) is 17.5. The Kier molecular flexibility index (Phi) is 2.99. The Bertz CT molecular complexity index is 497. The molecule has 1 aliphatic heterocycles. The minimum absolute atomic E-state index is 0.623. The average Bonchev–Trinajstić information content (AvgIpc) is 2.98. The summed E-state index contributed by atoms with van der Waals surface area (Å²) < 4.78 is 5.61. The van der Waals surface area contributed by atoms with E-state index in [4.69, 9.17) is 9.40 Å². The number of aryl methyl sites for hydroxylation is 1. The number of nitrogens with one attached hydrogen (secondary N) is 1. The molecular weight excluding hydrogens is 232 g/mol. The van der Waals surface area contributed by atoms with E-state index >= 15 is 0 Å². The molecule has 0 atom stereocenters. The molecule has 0 bridgehead atoms. The Hall–Kier alpha value is -1.13. The first-order chi connectivity index (χ1) is 8.33. The van der Waals surface area contributed by atoms with Crippen LogP contribution in [0, 0.1) is 6.92 Å². The third kappa shape index (κ3) is 2.28. The lowest BCUT2D eigenvalue weighted by atomic mass is 9.95. The van der Waals surface area contributed by atoms with Crippen LogP contribution < -0.4 is 5.32 Å². The van der Waals surface area contributed by atoms with Crippen molar-refractivity contribution >= 4 is 11.3 Å². The molecule has 2 aromatic heterocycles. The summed E-state index contributed by atoms with van der Waals surface area (Å²) in [5.74, 6) is 2.46. The maximum absolute atomic E-state index is 5.61. The van der Waals surface area contributed by atoms with Crippen molar-refractivity contribution in [3.05, 3.63) is 29.0 Å². The smallest absolute Gasteiger partial charge is 0.162 e. The quantitative estimate of drug-likeness (QED) is 0.887. The van der Waals surface area contributed by atoms with Crippen molar-refractivity contribution in [2.75, 3.05) is 13.1 Å². The van der Waals surface area contributed by atoms with Crippen LogP contribution in [-0.4, -0.2) is 18.1 Å². The van der Waals surface area contributed by atoms with Crippen LogP contribution in [0.4, 0.5) is 0 Å². The topological polar surface area (TPSA) is 38.1 Å². The average molecular weight is 248 g/mol. The van der Waals surface area contributed by atoms with Gasteiger partial charge < -0.3 is 9.73 Å². The molecule has 1 saturated heterocycles. The van der Waals surface area contributed by atoms with E-state index in [1.165, 1.54) is 18.5 Å². The maximum Gasteiger partial charge on any atom is 0.162 e. The van der Waals surface area contributed by atoms with E-state index in [1.807, 2.05) is 19.1 Å². The van der Waals surface area contributed by atoms with Gasteiger partial charge in [-0.3, -0.25) is 0 Å². The molecule has 0 amide bonds. The molecule has 0 saturated carbocycles. The third-order valence-corrected chi connectivity index (χ3v) is 4.11. The van der Waals surface area contributed by atoms with Crippen LogP contribution >= 0.6 is 11.3 Å². The molecule has 2 aromatic rings. The van der Waals surface area contributed by atoms with E-state index in [9.17, 15) is 0 Å². The van der Waals surface area contributed by atoms with Gasteiger partial charge >= 0.3 is 0 Å². The van der Waals surface area contributed by atoms with Crippen LogP contribution in [0.5, 0.6) is 0 Å². The summed E-state index contributed by atoms with van der Waals surface area (Å²) in [5, 5.41) is 6.57. The minimum Gasteiger partial charge on any atom is -0.459 e. The molecule has 1 fully saturated rings. The van der Waals surface area contributed by atoms with Crippen LogP contribution in [0.2, 0.25) is 0 Å². The van der Waals surface area contributed by atoms with Crippen molar-refractivity contribution in [2.24, 2.45) is 0 Å². The van der Waals surface area contributed by atoms with E-state index in [0.29, 0.717) is 5.92 Å². The number of aromatic nitrogens is 1. The Morgan fingerprint density at radius 2 is 2.18 bits per heavy atom. The fourth-order valence-electron chi connectivity index (χ4n) is 2.25. The lowest BCUT2D eigenvalue weighted by Crippen LogP contribution is -2.26. The van der Waals surface area contributed by atoms with Crippen molar-refractivity contribution < 1.29 is 4.42 Å². The van der Waals surface area contributed by atoms with E-state index in [0.717, 1.165) is 29.6 Å². The monoisotopic (exact) mass is 248 g/mol. The Morgan fingerprint density at radius 1 is 1.35 bits per heavy atom. The zero-order valence-corrected chi connectivity index (χ0v) is 10.7. The lowest BCUT2D eigenvalue weighted by molar-refractivity contribution is 0.454.